The van der Waals surface area contributed by atoms with Crippen molar-refractivity contribution in [3.8, 4) is 0 Å². The van der Waals surface area contributed by atoms with Crippen molar-refractivity contribution < 1.29 is 9.90 Å². The highest BCUT2D eigenvalue weighted by Crippen LogP contribution is 2.25. The number of rotatable bonds is 4. The summed E-state index contributed by atoms with van der Waals surface area (Å²) in [5.41, 5.74) is 0.556. The number of hydrogen-bond acceptors (Lipinski definition) is 4. The van der Waals surface area contributed by atoms with Gasteiger partial charge in [-0.05, 0) is 12.1 Å². The van der Waals surface area contributed by atoms with E-state index < -0.39 is 6.10 Å². The van der Waals surface area contributed by atoms with Crippen molar-refractivity contribution in [3.63, 3.8) is 0 Å². The molecule has 0 unspecified atom stereocenters. The summed E-state index contributed by atoms with van der Waals surface area (Å²) in [6.07, 6.45) is -0.845. The maximum absolute atomic E-state index is 11.8. The Balaban J connectivity index is 1.89. The van der Waals surface area contributed by atoms with Crippen molar-refractivity contribution >= 4 is 40.9 Å². The molecule has 7 heteroatoms. The van der Waals surface area contributed by atoms with Crippen molar-refractivity contribution in [1.29, 1.82) is 0 Å². The molecule has 4 nitrogen and oxygen atoms in total. The minimum Gasteiger partial charge on any atom is -0.387 e. The molecule has 0 aromatic heterocycles. The monoisotopic (exact) mass is 320 g/mol. The highest BCUT2D eigenvalue weighted by molar-refractivity contribution is 7.99. The first kappa shape index (κ1) is 14.9. The standard InChI is InChI=1S/C12H14Cl2N2O2S/c13-7-1-2-8(9(14)3-7)11(17)4-15-12(18)10-5-19-6-16-10/h1-3,10-11,16-17H,4-6H2,(H,15,18)/t10-,11-/m0/s1. The lowest BCUT2D eigenvalue weighted by molar-refractivity contribution is -0.122. The molecule has 3 N–H and O–H groups in total. The third kappa shape index (κ3) is 4.00. The van der Waals surface area contributed by atoms with E-state index in [2.05, 4.69) is 10.6 Å². The van der Waals surface area contributed by atoms with Crippen molar-refractivity contribution in [3.05, 3.63) is 33.8 Å². The maximum Gasteiger partial charge on any atom is 0.238 e. The van der Waals surface area contributed by atoms with Crippen LogP contribution in [0.5, 0.6) is 0 Å². The molecule has 1 aliphatic heterocycles. The first-order valence-corrected chi connectivity index (χ1v) is 7.71. The Morgan fingerprint density at radius 2 is 2.37 bits per heavy atom. The van der Waals surface area contributed by atoms with Crippen LogP contribution in [0.4, 0.5) is 0 Å². The molecule has 1 aromatic carbocycles. The number of carbonyl (C=O) groups excluding carboxylic acids is 1. The number of aliphatic hydroxyl groups excluding tert-OH is 1. The van der Waals surface area contributed by atoms with Crippen LogP contribution >= 0.6 is 35.0 Å². The molecule has 0 spiro atoms. The van der Waals surface area contributed by atoms with Crippen LogP contribution in [-0.2, 0) is 4.79 Å². The summed E-state index contributed by atoms with van der Waals surface area (Å²) in [6.45, 7) is 0.128. The summed E-state index contributed by atoms with van der Waals surface area (Å²) < 4.78 is 0. The topological polar surface area (TPSA) is 61.4 Å². The van der Waals surface area contributed by atoms with Gasteiger partial charge in [0, 0.05) is 33.8 Å². The van der Waals surface area contributed by atoms with Crippen molar-refractivity contribution in [2.24, 2.45) is 0 Å². The SMILES string of the molecule is O=C(NC[C@H](O)c1ccc(Cl)cc1Cl)[C@@H]1CSCN1. The fraction of sp³-hybridized carbons (Fsp3) is 0.417. The number of hydrogen-bond donors (Lipinski definition) is 3. The summed E-state index contributed by atoms with van der Waals surface area (Å²) in [4.78, 5) is 11.8. The van der Waals surface area contributed by atoms with Gasteiger partial charge in [0.05, 0.1) is 12.1 Å². The molecule has 1 heterocycles. The zero-order chi connectivity index (χ0) is 13.8. The lowest BCUT2D eigenvalue weighted by atomic mass is 10.1. The quantitative estimate of drug-likeness (QED) is 0.791. The molecule has 1 aromatic rings. The second-order valence-electron chi connectivity index (χ2n) is 4.20. The average Bonchev–Trinajstić information content (AvgIpc) is 2.89. The molecule has 1 aliphatic rings. The van der Waals surface area contributed by atoms with Gasteiger partial charge in [-0.2, -0.15) is 0 Å². The van der Waals surface area contributed by atoms with Crippen LogP contribution in [0.25, 0.3) is 0 Å². The van der Waals surface area contributed by atoms with E-state index in [4.69, 9.17) is 23.2 Å². The first-order valence-electron chi connectivity index (χ1n) is 5.80. The fourth-order valence-corrected chi connectivity index (χ4v) is 3.24. The van der Waals surface area contributed by atoms with Crippen LogP contribution in [0.3, 0.4) is 0 Å². The predicted molar refractivity (Wildman–Crippen MR) is 78.7 cm³/mol. The Labute approximate surface area is 125 Å². The molecule has 0 saturated carbocycles. The Hall–Kier alpha value is -0.460. The Kier molecular flexibility index (Phi) is 5.36. The summed E-state index contributed by atoms with van der Waals surface area (Å²) in [5, 5.41) is 16.7. The number of carbonyl (C=O) groups is 1. The zero-order valence-electron chi connectivity index (χ0n) is 10.0. The van der Waals surface area contributed by atoms with Crippen LogP contribution < -0.4 is 10.6 Å². The van der Waals surface area contributed by atoms with Gasteiger partial charge in [0.15, 0.2) is 0 Å². The second-order valence-corrected chi connectivity index (χ2v) is 6.07. The lowest BCUT2D eigenvalue weighted by Crippen LogP contribution is -2.43. The van der Waals surface area contributed by atoms with Gasteiger partial charge in [-0.3, -0.25) is 10.1 Å². The molecule has 0 aliphatic carbocycles. The fourth-order valence-electron chi connectivity index (χ4n) is 1.77. The van der Waals surface area contributed by atoms with Gasteiger partial charge >= 0.3 is 0 Å². The minimum atomic E-state index is -0.845. The second kappa shape index (κ2) is 6.81. The number of aliphatic hydroxyl groups is 1. The first-order chi connectivity index (χ1) is 9.08. The largest absolute Gasteiger partial charge is 0.387 e. The normalized spacial score (nSPS) is 20.3. The molecular formula is C12H14Cl2N2O2S. The van der Waals surface area contributed by atoms with Gasteiger partial charge in [0.1, 0.15) is 0 Å². The van der Waals surface area contributed by atoms with Crippen LogP contribution in [0.1, 0.15) is 11.7 Å². The summed E-state index contributed by atoms with van der Waals surface area (Å²) in [7, 11) is 0. The predicted octanol–water partition coefficient (Wildman–Crippen LogP) is 1.81. The third-order valence-corrected chi connectivity index (χ3v) is 4.33. The Morgan fingerprint density at radius 3 is 3.00 bits per heavy atom. The van der Waals surface area contributed by atoms with E-state index in [1.807, 2.05) is 0 Å². The molecule has 1 fully saturated rings. The van der Waals surface area contributed by atoms with Crippen LogP contribution in [0.15, 0.2) is 18.2 Å². The van der Waals surface area contributed by atoms with Crippen LogP contribution in [0, 0.1) is 0 Å². The molecule has 1 saturated heterocycles. The summed E-state index contributed by atoms with van der Waals surface area (Å²) in [6, 6.07) is 4.70. The molecule has 1 amide bonds. The highest BCUT2D eigenvalue weighted by Gasteiger charge is 2.23. The molecule has 0 bridgehead atoms. The third-order valence-electron chi connectivity index (χ3n) is 2.82. The van der Waals surface area contributed by atoms with E-state index in [1.54, 1.807) is 30.0 Å². The average molecular weight is 321 g/mol. The van der Waals surface area contributed by atoms with E-state index >= 15 is 0 Å². The van der Waals surface area contributed by atoms with Crippen molar-refractivity contribution in [1.82, 2.24) is 10.6 Å². The van der Waals surface area contributed by atoms with E-state index in [9.17, 15) is 9.90 Å². The molecule has 0 radical (unpaired) electrons. The zero-order valence-corrected chi connectivity index (χ0v) is 12.4. The number of benzene rings is 1. The lowest BCUT2D eigenvalue weighted by Gasteiger charge is -2.16. The van der Waals surface area contributed by atoms with E-state index in [0.29, 0.717) is 15.6 Å². The van der Waals surface area contributed by atoms with Gasteiger partial charge in [0.2, 0.25) is 5.91 Å². The van der Waals surface area contributed by atoms with Gasteiger partial charge < -0.3 is 10.4 Å². The molecule has 104 valence electrons. The molecule has 2 rings (SSSR count). The van der Waals surface area contributed by atoms with Gasteiger partial charge in [-0.25, -0.2) is 0 Å². The molecule has 19 heavy (non-hydrogen) atoms. The van der Waals surface area contributed by atoms with Crippen molar-refractivity contribution in [2.75, 3.05) is 18.2 Å². The Morgan fingerprint density at radius 1 is 1.58 bits per heavy atom. The van der Waals surface area contributed by atoms with Crippen molar-refractivity contribution in [2.45, 2.75) is 12.1 Å². The smallest absolute Gasteiger partial charge is 0.238 e. The van der Waals surface area contributed by atoms with E-state index in [1.165, 1.54) is 0 Å². The van der Waals surface area contributed by atoms with Gasteiger partial charge in [-0.1, -0.05) is 29.3 Å². The molecule has 2 atom stereocenters. The number of amides is 1. The van der Waals surface area contributed by atoms with Gasteiger partial charge in [-0.15, -0.1) is 11.8 Å². The maximum atomic E-state index is 11.8. The van der Waals surface area contributed by atoms with E-state index in [0.717, 1.165) is 11.6 Å². The van der Waals surface area contributed by atoms with Crippen LogP contribution in [0.2, 0.25) is 10.0 Å². The highest BCUT2D eigenvalue weighted by atomic mass is 35.5. The number of nitrogens with one attached hydrogen (secondary N) is 2. The van der Waals surface area contributed by atoms with Crippen LogP contribution in [-0.4, -0.2) is 35.2 Å². The Bertz CT molecular complexity index is 467. The summed E-state index contributed by atoms with van der Waals surface area (Å²) in [5.74, 6) is 1.43. The van der Waals surface area contributed by atoms with Gasteiger partial charge in [0.25, 0.3) is 0 Å². The number of halogens is 2. The van der Waals surface area contributed by atoms with E-state index in [-0.39, 0.29) is 18.5 Å². The molecular weight excluding hydrogens is 307 g/mol. The number of thioether (sulfide) groups is 1. The minimum absolute atomic E-state index is 0.103. The summed E-state index contributed by atoms with van der Waals surface area (Å²) >= 11 is 13.5.